The van der Waals surface area contributed by atoms with Crippen molar-refractivity contribution in [3.8, 4) is 0 Å². The van der Waals surface area contributed by atoms with E-state index in [1.54, 1.807) is 11.1 Å². The predicted molar refractivity (Wildman–Crippen MR) is 149 cm³/mol. The standard InChI is InChI=1S/C33H42N2O/c1-24-15-16-30(23-34-20-25(2)36-26(3)21-34)33-19-31(17-18-32(24)33)35(22-28-11-7-5-8-12-28)27(4)29-13-9-6-10-14-29/h5-16,25-27,31H,17-23H2,1-4H3/t25?,26?,27-,31+/m0/s1. The lowest BCUT2D eigenvalue weighted by atomic mass is 9.81. The fourth-order valence-electron chi connectivity index (χ4n) is 6.49. The summed E-state index contributed by atoms with van der Waals surface area (Å²) in [5.41, 5.74) is 8.99. The average molecular weight is 483 g/mol. The maximum atomic E-state index is 6.01. The first-order valence-corrected chi connectivity index (χ1v) is 13.8. The van der Waals surface area contributed by atoms with E-state index in [0.29, 0.717) is 24.3 Å². The van der Waals surface area contributed by atoms with Gasteiger partial charge in [0.1, 0.15) is 0 Å². The van der Waals surface area contributed by atoms with Crippen molar-refractivity contribution >= 4 is 0 Å². The summed E-state index contributed by atoms with van der Waals surface area (Å²) in [6.07, 6.45) is 4.12. The second-order valence-electron chi connectivity index (χ2n) is 11.1. The molecule has 2 aliphatic rings. The number of aryl methyl sites for hydroxylation is 1. The Balaban J connectivity index is 1.43. The van der Waals surface area contributed by atoms with Crippen molar-refractivity contribution in [2.45, 2.75) is 84.3 Å². The van der Waals surface area contributed by atoms with E-state index in [1.165, 1.54) is 35.1 Å². The molecule has 0 aromatic heterocycles. The number of nitrogens with zero attached hydrogens (tertiary/aromatic N) is 2. The van der Waals surface area contributed by atoms with Crippen molar-refractivity contribution in [3.05, 3.63) is 106 Å². The van der Waals surface area contributed by atoms with Crippen LogP contribution in [-0.4, -0.2) is 41.1 Å². The Morgan fingerprint density at radius 2 is 1.56 bits per heavy atom. The van der Waals surface area contributed by atoms with Crippen LogP contribution in [0, 0.1) is 6.92 Å². The van der Waals surface area contributed by atoms with Gasteiger partial charge in [-0.3, -0.25) is 9.80 Å². The molecule has 1 fully saturated rings. The summed E-state index contributed by atoms with van der Waals surface area (Å²) in [4.78, 5) is 5.36. The topological polar surface area (TPSA) is 15.7 Å². The molecule has 1 heterocycles. The zero-order chi connectivity index (χ0) is 25.1. The molecule has 3 aromatic carbocycles. The zero-order valence-corrected chi connectivity index (χ0v) is 22.5. The van der Waals surface area contributed by atoms with Crippen LogP contribution in [0.1, 0.15) is 66.6 Å². The van der Waals surface area contributed by atoms with E-state index in [0.717, 1.165) is 32.6 Å². The molecule has 0 spiro atoms. The van der Waals surface area contributed by atoms with Crippen LogP contribution in [0.3, 0.4) is 0 Å². The summed E-state index contributed by atoms with van der Waals surface area (Å²) in [5, 5.41) is 0. The summed E-state index contributed by atoms with van der Waals surface area (Å²) in [6, 6.07) is 27.7. The zero-order valence-electron chi connectivity index (χ0n) is 22.5. The van der Waals surface area contributed by atoms with Crippen molar-refractivity contribution in [2.75, 3.05) is 13.1 Å². The van der Waals surface area contributed by atoms with Gasteiger partial charge >= 0.3 is 0 Å². The summed E-state index contributed by atoms with van der Waals surface area (Å²) < 4.78 is 6.01. The maximum Gasteiger partial charge on any atom is 0.0678 e. The molecule has 3 nitrogen and oxygen atoms in total. The molecule has 0 amide bonds. The van der Waals surface area contributed by atoms with Gasteiger partial charge in [0.05, 0.1) is 12.2 Å². The highest BCUT2D eigenvalue weighted by atomic mass is 16.5. The molecule has 1 aliphatic heterocycles. The Kier molecular flexibility index (Phi) is 7.90. The number of hydrogen-bond donors (Lipinski definition) is 0. The van der Waals surface area contributed by atoms with Gasteiger partial charge in [0, 0.05) is 38.3 Å². The molecule has 0 radical (unpaired) electrons. The van der Waals surface area contributed by atoms with Crippen LogP contribution in [0.15, 0.2) is 72.8 Å². The molecule has 3 aromatic rings. The van der Waals surface area contributed by atoms with E-state index in [1.807, 2.05) is 0 Å². The second kappa shape index (κ2) is 11.3. The largest absolute Gasteiger partial charge is 0.373 e. The van der Waals surface area contributed by atoms with E-state index >= 15 is 0 Å². The fourth-order valence-corrected chi connectivity index (χ4v) is 6.49. The van der Waals surface area contributed by atoms with Gasteiger partial charge in [-0.2, -0.15) is 0 Å². The molecule has 190 valence electrons. The van der Waals surface area contributed by atoms with Crippen LogP contribution < -0.4 is 0 Å². The number of hydrogen-bond acceptors (Lipinski definition) is 3. The first-order chi connectivity index (χ1) is 17.5. The van der Waals surface area contributed by atoms with E-state index in [-0.39, 0.29) is 0 Å². The molecule has 0 N–H and O–H groups in total. The molecule has 5 rings (SSSR count). The van der Waals surface area contributed by atoms with Gasteiger partial charge < -0.3 is 4.74 Å². The summed E-state index contributed by atoms with van der Waals surface area (Å²) in [5.74, 6) is 0. The second-order valence-corrected chi connectivity index (χ2v) is 11.1. The number of benzene rings is 3. The molecule has 3 heteroatoms. The third kappa shape index (κ3) is 5.75. The fraction of sp³-hybridized carbons (Fsp3) is 0.455. The predicted octanol–water partition coefficient (Wildman–Crippen LogP) is 6.72. The Hall–Kier alpha value is -2.46. The third-order valence-corrected chi connectivity index (χ3v) is 8.28. The van der Waals surface area contributed by atoms with Crippen molar-refractivity contribution in [3.63, 3.8) is 0 Å². The van der Waals surface area contributed by atoms with E-state index in [9.17, 15) is 0 Å². The molecule has 1 aliphatic carbocycles. The molecule has 0 bridgehead atoms. The maximum absolute atomic E-state index is 6.01. The first kappa shape index (κ1) is 25.2. The van der Waals surface area contributed by atoms with Gasteiger partial charge in [0.25, 0.3) is 0 Å². The van der Waals surface area contributed by atoms with Gasteiger partial charge in [-0.05, 0) is 80.3 Å². The lowest BCUT2D eigenvalue weighted by Gasteiger charge is -2.41. The Labute approximate surface area is 218 Å². The Bertz CT molecular complexity index is 1120. The lowest BCUT2D eigenvalue weighted by Crippen LogP contribution is -2.45. The van der Waals surface area contributed by atoms with Crippen molar-refractivity contribution in [1.29, 1.82) is 0 Å². The van der Waals surface area contributed by atoms with Crippen LogP contribution >= 0.6 is 0 Å². The quantitative estimate of drug-likeness (QED) is 0.372. The van der Waals surface area contributed by atoms with Crippen LogP contribution in [0.2, 0.25) is 0 Å². The Morgan fingerprint density at radius 1 is 0.889 bits per heavy atom. The van der Waals surface area contributed by atoms with Gasteiger partial charge in [-0.25, -0.2) is 0 Å². The monoisotopic (exact) mass is 482 g/mol. The highest BCUT2D eigenvalue weighted by Gasteiger charge is 2.31. The summed E-state index contributed by atoms with van der Waals surface area (Å²) in [7, 11) is 0. The number of fused-ring (bicyclic) bond motifs is 1. The molecular formula is C33H42N2O. The van der Waals surface area contributed by atoms with Crippen molar-refractivity contribution in [1.82, 2.24) is 9.80 Å². The van der Waals surface area contributed by atoms with Gasteiger partial charge in [0.2, 0.25) is 0 Å². The van der Waals surface area contributed by atoms with Crippen molar-refractivity contribution in [2.24, 2.45) is 0 Å². The summed E-state index contributed by atoms with van der Waals surface area (Å²) >= 11 is 0. The van der Waals surface area contributed by atoms with Gasteiger partial charge in [-0.1, -0.05) is 72.8 Å². The minimum atomic E-state index is 0.302. The molecule has 4 atom stereocenters. The number of ether oxygens (including phenoxy) is 1. The Morgan fingerprint density at radius 3 is 2.25 bits per heavy atom. The highest BCUT2D eigenvalue weighted by Crippen LogP contribution is 2.35. The SMILES string of the molecule is Cc1ccc(CN2CC(C)OC(C)C2)c2c1CC[C@@H](N(Cc1ccccc1)[C@@H](C)c1ccccc1)C2. The molecule has 0 saturated carbocycles. The molecular weight excluding hydrogens is 440 g/mol. The number of morpholine rings is 1. The lowest BCUT2D eigenvalue weighted by molar-refractivity contribution is -0.0705. The number of rotatable bonds is 7. The van der Waals surface area contributed by atoms with Gasteiger partial charge in [0.15, 0.2) is 0 Å². The van der Waals surface area contributed by atoms with Crippen molar-refractivity contribution < 1.29 is 4.74 Å². The summed E-state index contributed by atoms with van der Waals surface area (Å²) in [6.45, 7) is 13.1. The highest BCUT2D eigenvalue weighted by molar-refractivity contribution is 5.43. The van der Waals surface area contributed by atoms with Crippen LogP contribution in [0.4, 0.5) is 0 Å². The average Bonchev–Trinajstić information content (AvgIpc) is 2.89. The molecule has 1 saturated heterocycles. The van der Waals surface area contributed by atoms with E-state index < -0.39 is 0 Å². The van der Waals surface area contributed by atoms with E-state index in [4.69, 9.17) is 4.74 Å². The molecule has 36 heavy (non-hydrogen) atoms. The van der Waals surface area contributed by atoms with Crippen LogP contribution in [0.25, 0.3) is 0 Å². The van der Waals surface area contributed by atoms with E-state index in [2.05, 4.69) is 110 Å². The van der Waals surface area contributed by atoms with Crippen LogP contribution in [0.5, 0.6) is 0 Å². The normalized spacial score (nSPS) is 23.4. The smallest absolute Gasteiger partial charge is 0.0678 e. The first-order valence-electron chi connectivity index (χ1n) is 13.8. The minimum absolute atomic E-state index is 0.302. The third-order valence-electron chi connectivity index (χ3n) is 8.28. The minimum Gasteiger partial charge on any atom is -0.373 e. The van der Waals surface area contributed by atoms with Gasteiger partial charge in [-0.15, -0.1) is 0 Å². The van der Waals surface area contributed by atoms with Crippen LogP contribution in [-0.2, 0) is 30.7 Å². The molecule has 2 unspecified atom stereocenters.